The average molecular weight is 340 g/mol. The minimum Gasteiger partial charge on any atom is -0.310 e. The summed E-state index contributed by atoms with van der Waals surface area (Å²) in [5, 5.41) is 11.5. The summed E-state index contributed by atoms with van der Waals surface area (Å²) in [6.07, 6.45) is 3.27. The lowest BCUT2D eigenvalue weighted by Gasteiger charge is -2.30. The number of amidine groups is 1. The van der Waals surface area contributed by atoms with Crippen molar-refractivity contribution in [1.29, 1.82) is 0 Å². The van der Waals surface area contributed by atoms with E-state index >= 15 is 0 Å². The maximum Gasteiger partial charge on any atom is 0.177 e. The van der Waals surface area contributed by atoms with Gasteiger partial charge in [-0.2, -0.15) is 14.9 Å². The van der Waals surface area contributed by atoms with Gasteiger partial charge in [0.2, 0.25) is 0 Å². The number of hydrogen-bond acceptors (Lipinski definition) is 4. The van der Waals surface area contributed by atoms with Crippen LogP contribution in [-0.2, 0) is 6.42 Å². The molecule has 2 aromatic heterocycles. The molecule has 0 spiro atoms. The number of hydrogen-bond donors (Lipinski definition) is 1. The Morgan fingerprint density at radius 1 is 1.20 bits per heavy atom. The lowest BCUT2D eigenvalue weighted by molar-refractivity contribution is 0.577. The van der Waals surface area contributed by atoms with Crippen LogP contribution in [0, 0.1) is 18.6 Å². The van der Waals surface area contributed by atoms with E-state index in [-0.39, 0.29) is 11.4 Å². The fourth-order valence-electron chi connectivity index (χ4n) is 3.59. The van der Waals surface area contributed by atoms with Gasteiger partial charge < -0.3 is 4.90 Å². The second-order valence-corrected chi connectivity index (χ2v) is 6.19. The number of aryl methyl sites for hydroxylation is 1. The summed E-state index contributed by atoms with van der Waals surface area (Å²) in [6.45, 7) is 2.55. The molecule has 0 saturated heterocycles. The predicted molar refractivity (Wildman–Crippen MR) is 88.7 cm³/mol. The Morgan fingerprint density at radius 2 is 2.00 bits per heavy atom. The van der Waals surface area contributed by atoms with Gasteiger partial charge in [-0.15, -0.1) is 0 Å². The van der Waals surface area contributed by atoms with E-state index in [0.717, 1.165) is 29.9 Å². The molecule has 4 heterocycles. The van der Waals surface area contributed by atoms with Crippen LogP contribution in [0.25, 0.3) is 5.82 Å². The Morgan fingerprint density at radius 3 is 2.80 bits per heavy atom. The maximum atomic E-state index is 14.5. The molecule has 5 rings (SSSR count). The number of rotatable bonds is 1. The topological polar surface area (TPSA) is 62.1 Å². The van der Waals surface area contributed by atoms with Crippen molar-refractivity contribution in [2.75, 3.05) is 11.4 Å². The van der Waals surface area contributed by atoms with E-state index < -0.39 is 11.6 Å². The number of aliphatic imine (C=N–C) groups is 1. The van der Waals surface area contributed by atoms with E-state index in [1.807, 2.05) is 11.8 Å². The van der Waals surface area contributed by atoms with Crippen molar-refractivity contribution >= 4 is 17.3 Å². The van der Waals surface area contributed by atoms with Crippen molar-refractivity contribution in [3.8, 4) is 5.82 Å². The first kappa shape index (κ1) is 14.3. The first-order chi connectivity index (χ1) is 12.1. The van der Waals surface area contributed by atoms with Crippen molar-refractivity contribution < 1.29 is 8.78 Å². The summed E-state index contributed by atoms with van der Waals surface area (Å²) >= 11 is 0. The van der Waals surface area contributed by atoms with E-state index in [1.54, 1.807) is 4.68 Å². The van der Waals surface area contributed by atoms with Crippen molar-refractivity contribution in [2.24, 2.45) is 4.99 Å². The molecule has 0 radical (unpaired) electrons. The quantitative estimate of drug-likeness (QED) is 0.741. The SMILES string of the molecule is Cc1nn2c3c1CCCN3C(c1c(F)cccc1F)=Nc1cn[nH]c1-2. The van der Waals surface area contributed by atoms with Gasteiger partial charge in [0.1, 0.15) is 29.0 Å². The highest BCUT2D eigenvalue weighted by atomic mass is 19.1. The third-order valence-corrected chi connectivity index (χ3v) is 4.70. The molecular formula is C17H14F2N6. The standard InChI is InChI=1S/C17H14F2N6/c1-9-10-4-3-7-24-16(14-11(18)5-2-6-12(14)19)21-13-8-20-22-15(13)25(23-9)17(10)24/h2,5-6,8H,3-4,7H2,1H3,(H,20,22). The highest BCUT2D eigenvalue weighted by molar-refractivity contribution is 6.12. The van der Waals surface area contributed by atoms with Crippen LogP contribution in [0.15, 0.2) is 29.4 Å². The first-order valence-corrected chi connectivity index (χ1v) is 8.08. The molecule has 0 unspecified atom stereocenters. The van der Waals surface area contributed by atoms with Gasteiger partial charge in [-0.1, -0.05) is 6.07 Å². The minimum absolute atomic E-state index is 0.130. The number of halogens is 2. The lowest BCUT2D eigenvalue weighted by atomic mass is 10.0. The second kappa shape index (κ2) is 4.98. The molecule has 6 nitrogen and oxygen atoms in total. The molecule has 1 N–H and O–H groups in total. The molecule has 0 bridgehead atoms. The van der Waals surface area contributed by atoms with Gasteiger partial charge in [0.05, 0.1) is 17.5 Å². The zero-order chi connectivity index (χ0) is 17.1. The van der Waals surface area contributed by atoms with Gasteiger partial charge in [-0.25, -0.2) is 13.8 Å². The van der Waals surface area contributed by atoms with Crippen LogP contribution < -0.4 is 4.90 Å². The molecular weight excluding hydrogens is 326 g/mol. The van der Waals surface area contributed by atoms with Crippen LogP contribution in [0.1, 0.15) is 23.2 Å². The number of aromatic nitrogens is 4. The average Bonchev–Trinajstić information content (AvgIpc) is 3.15. The van der Waals surface area contributed by atoms with Crippen molar-refractivity contribution in [1.82, 2.24) is 20.0 Å². The van der Waals surface area contributed by atoms with Crippen LogP contribution in [0.5, 0.6) is 0 Å². The molecule has 2 aliphatic heterocycles. The Balaban J connectivity index is 1.86. The number of benzene rings is 1. The van der Waals surface area contributed by atoms with Gasteiger partial charge in [0.25, 0.3) is 0 Å². The smallest absolute Gasteiger partial charge is 0.177 e. The van der Waals surface area contributed by atoms with Crippen molar-refractivity contribution in [3.05, 3.63) is 52.9 Å². The molecule has 0 atom stereocenters. The van der Waals surface area contributed by atoms with E-state index in [9.17, 15) is 8.78 Å². The van der Waals surface area contributed by atoms with Crippen LogP contribution >= 0.6 is 0 Å². The van der Waals surface area contributed by atoms with Crippen LogP contribution in [0.2, 0.25) is 0 Å². The number of nitrogens with one attached hydrogen (secondary N) is 1. The number of nitrogens with zero attached hydrogens (tertiary/aromatic N) is 5. The van der Waals surface area contributed by atoms with Gasteiger partial charge in [-0.3, -0.25) is 5.10 Å². The van der Waals surface area contributed by atoms with Crippen LogP contribution in [-0.4, -0.2) is 32.4 Å². The van der Waals surface area contributed by atoms with Gasteiger partial charge in [0.15, 0.2) is 5.82 Å². The third-order valence-electron chi connectivity index (χ3n) is 4.70. The van der Waals surface area contributed by atoms with Crippen molar-refractivity contribution in [3.63, 3.8) is 0 Å². The number of anilines is 1. The van der Waals surface area contributed by atoms with Gasteiger partial charge in [0, 0.05) is 12.1 Å². The molecule has 0 aliphatic carbocycles. The number of fused-ring (bicyclic) bond motifs is 2. The third kappa shape index (κ3) is 1.90. The molecule has 8 heteroatoms. The molecule has 0 saturated carbocycles. The van der Waals surface area contributed by atoms with Crippen molar-refractivity contribution in [2.45, 2.75) is 19.8 Å². The molecule has 2 aliphatic rings. The Bertz CT molecular complexity index is 1010. The van der Waals surface area contributed by atoms with E-state index in [1.165, 1.54) is 24.4 Å². The molecule has 126 valence electrons. The molecule has 3 aromatic rings. The normalized spacial score (nSPS) is 15.5. The Labute approximate surface area is 141 Å². The van der Waals surface area contributed by atoms with Gasteiger partial charge in [-0.05, 0) is 31.9 Å². The first-order valence-electron chi connectivity index (χ1n) is 8.08. The van der Waals surface area contributed by atoms with E-state index in [4.69, 9.17) is 0 Å². The zero-order valence-electron chi connectivity index (χ0n) is 13.4. The predicted octanol–water partition coefficient (Wildman–Crippen LogP) is 3.03. The molecule has 0 fully saturated rings. The van der Waals surface area contributed by atoms with E-state index in [2.05, 4.69) is 20.3 Å². The summed E-state index contributed by atoms with van der Waals surface area (Å²) in [4.78, 5) is 6.40. The highest BCUT2D eigenvalue weighted by Gasteiger charge is 2.34. The zero-order valence-corrected chi connectivity index (χ0v) is 13.4. The summed E-state index contributed by atoms with van der Waals surface area (Å²) in [7, 11) is 0. The second-order valence-electron chi connectivity index (χ2n) is 6.19. The largest absolute Gasteiger partial charge is 0.310 e. The van der Waals surface area contributed by atoms with Gasteiger partial charge >= 0.3 is 0 Å². The minimum atomic E-state index is -0.638. The summed E-state index contributed by atoms with van der Waals surface area (Å²) in [5.74, 6) is 0.371. The summed E-state index contributed by atoms with van der Waals surface area (Å²) in [6, 6.07) is 3.84. The monoisotopic (exact) mass is 340 g/mol. The maximum absolute atomic E-state index is 14.5. The fourth-order valence-corrected chi connectivity index (χ4v) is 3.59. The fraction of sp³-hybridized carbons (Fsp3) is 0.235. The van der Waals surface area contributed by atoms with Crippen LogP contribution in [0.3, 0.4) is 0 Å². The Hall–Kier alpha value is -3.03. The summed E-state index contributed by atoms with van der Waals surface area (Å²) < 4.78 is 30.7. The summed E-state index contributed by atoms with van der Waals surface area (Å²) in [5.41, 5.74) is 2.33. The highest BCUT2D eigenvalue weighted by Crippen LogP contribution is 2.38. The van der Waals surface area contributed by atoms with E-state index in [0.29, 0.717) is 18.1 Å². The number of aromatic amines is 1. The molecule has 0 amide bonds. The number of H-pyrrole nitrogens is 1. The Kier molecular flexibility index (Phi) is 2.85. The lowest BCUT2D eigenvalue weighted by Crippen LogP contribution is -2.37. The molecule has 1 aromatic carbocycles. The van der Waals surface area contributed by atoms with Crippen LogP contribution in [0.4, 0.5) is 20.3 Å². The molecule has 25 heavy (non-hydrogen) atoms.